The van der Waals surface area contributed by atoms with Gasteiger partial charge < -0.3 is 0 Å². The number of carbonyl (C=O) groups excluding carboxylic acids is 4. The Morgan fingerprint density at radius 2 is 1.47 bits per heavy atom. The number of hydrogen-bond acceptors (Lipinski definition) is 4. The van der Waals surface area contributed by atoms with Gasteiger partial charge in [0.05, 0.1) is 22.4 Å². The number of halogens is 3. The summed E-state index contributed by atoms with van der Waals surface area (Å²) in [5, 5.41) is 2.74. The molecule has 1 saturated heterocycles. The van der Waals surface area contributed by atoms with Crippen molar-refractivity contribution in [3.05, 3.63) is 68.7 Å². The molecule has 2 aromatic rings. The van der Waals surface area contributed by atoms with Crippen LogP contribution in [0.3, 0.4) is 0 Å². The van der Waals surface area contributed by atoms with Crippen molar-refractivity contribution in [2.45, 2.75) is 32.2 Å². The second kappa shape index (κ2) is 8.67. The van der Waals surface area contributed by atoms with Gasteiger partial charge in [0.15, 0.2) is 5.78 Å². The first-order valence-corrected chi connectivity index (χ1v) is 12.3. The summed E-state index contributed by atoms with van der Waals surface area (Å²) in [6.07, 6.45) is 2.65. The van der Waals surface area contributed by atoms with E-state index in [2.05, 4.69) is 0 Å². The molecule has 176 valence electrons. The molecule has 2 aromatic carbocycles. The summed E-state index contributed by atoms with van der Waals surface area (Å²) in [5.74, 6) is -2.61. The molecule has 3 fully saturated rings. The van der Waals surface area contributed by atoms with Crippen molar-refractivity contribution in [1.29, 1.82) is 0 Å². The molecule has 0 spiro atoms. The van der Waals surface area contributed by atoms with E-state index >= 15 is 0 Å². The van der Waals surface area contributed by atoms with Crippen LogP contribution >= 0.6 is 34.8 Å². The topological polar surface area (TPSA) is 74.8 Å². The van der Waals surface area contributed by atoms with Crippen LogP contribution in [0.4, 0.5) is 0 Å². The number of hydrogen-bond donors (Lipinski definition) is 0. The number of benzene rings is 2. The molecule has 2 saturated carbocycles. The summed E-state index contributed by atoms with van der Waals surface area (Å²) in [7, 11) is 0. The molecule has 5 atom stereocenters. The summed E-state index contributed by atoms with van der Waals surface area (Å²) in [4.78, 5) is 54.2. The van der Waals surface area contributed by atoms with E-state index in [0.29, 0.717) is 15.6 Å². The summed E-state index contributed by atoms with van der Waals surface area (Å²) in [6, 6.07) is 9.40. The minimum atomic E-state index is -1.15. The Kier molecular flexibility index (Phi) is 5.95. The number of rotatable bonds is 5. The number of Topliss-reactive ketones (excluding diaryl/α,β-unsaturated/α-hetero) is 1. The zero-order valence-electron chi connectivity index (χ0n) is 18.2. The van der Waals surface area contributed by atoms with Crippen LogP contribution < -0.4 is 0 Å². The normalized spacial score (nSPS) is 26.1. The van der Waals surface area contributed by atoms with Crippen LogP contribution in [0, 0.1) is 23.7 Å². The standard InChI is InChI=1S/C25H21Cl3N2O4/c1-12(22(31)13-4-6-16(26)7-5-13)29(23(32)18-9-8-17(27)11-19(18)28)30-24(33)20-14-2-3-15(10-14)21(20)25(30)34/h4-9,11-12,14-15,20-21H,2-3,10H2,1H3/t12-,14+,15+,20-,21+/m1/s1. The zero-order chi connectivity index (χ0) is 24.3. The van der Waals surface area contributed by atoms with Crippen molar-refractivity contribution >= 4 is 58.3 Å². The number of imide groups is 1. The molecule has 2 aliphatic carbocycles. The van der Waals surface area contributed by atoms with Crippen molar-refractivity contribution < 1.29 is 19.2 Å². The largest absolute Gasteiger partial charge is 0.292 e. The fourth-order valence-corrected chi connectivity index (χ4v) is 6.41. The highest BCUT2D eigenvalue weighted by molar-refractivity contribution is 6.37. The first-order valence-electron chi connectivity index (χ1n) is 11.1. The Bertz CT molecular complexity index is 1190. The molecule has 0 aromatic heterocycles. The molecular formula is C25H21Cl3N2O4. The Hall–Kier alpha value is -2.41. The Labute approximate surface area is 211 Å². The van der Waals surface area contributed by atoms with E-state index in [-0.39, 0.29) is 22.4 Å². The molecule has 3 aliphatic rings. The van der Waals surface area contributed by atoms with Gasteiger partial charge in [-0.1, -0.05) is 34.8 Å². The van der Waals surface area contributed by atoms with Gasteiger partial charge in [-0.3, -0.25) is 19.2 Å². The third-order valence-electron chi connectivity index (χ3n) is 7.36. The molecule has 6 nitrogen and oxygen atoms in total. The van der Waals surface area contributed by atoms with Crippen LogP contribution in [-0.2, 0) is 9.59 Å². The molecule has 9 heteroatoms. The fourth-order valence-electron chi connectivity index (χ4n) is 5.80. The number of hydrazine groups is 1. The van der Waals surface area contributed by atoms with Crippen LogP contribution in [0.2, 0.25) is 15.1 Å². The monoisotopic (exact) mass is 518 g/mol. The maximum Gasteiger partial charge on any atom is 0.275 e. The van der Waals surface area contributed by atoms with Crippen molar-refractivity contribution in [3.8, 4) is 0 Å². The molecule has 0 unspecified atom stereocenters. The first kappa shape index (κ1) is 23.3. The van der Waals surface area contributed by atoms with Gasteiger partial charge in [-0.25, -0.2) is 5.01 Å². The molecule has 1 aliphatic heterocycles. The second-order valence-corrected chi connectivity index (χ2v) is 10.5. The minimum Gasteiger partial charge on any atom is -0.292 e. The smallest absolute Gasteiger partial charge is 0.275 e. The summed E-state index contributed by atoms with van der Waals surface area (Å²) < 4.78 is 0. The summed E-state index contributed by atoms with van der Waals surface area (Å²) in [5.41, 5.74) is 0.346. The average Bonchev–Trinajstić information content (AvgIpc) is 3.49. The molecule has 5 rings (SSSR count). The minimum absolute atomic E-state index is 0.0439. The number of carbonyl (C=O) groups is 4. The second-order valence-electron chi connectivity index (χ2n) is 9.19. The molecular weight excluding hydrogens is 499 g/mol. The van der Waals surface area contributed by atoms with Crippen LogP contribution in [-0.4, -0.2) is 39.6 Å². The Morgan fingerprint density at radius 1 is 0.912 bits per heavy atom. The molecule has 0 N–H and O–H groups in total. The van der Waals surface area contributed by atoms with Crippen LogP contribution in [0.25, 0.3) is 0 Å². The van der Waals surface area contributed by atoms with Crippen molar-refractivity contribution in [1.82, 2.24) is 10.0 Å². The van der Waals surface area contributed by atoms with Gasteiger partial charge in [-0.15, -0.1) is 0 Å². The number of fused-ring (bicyclic) bond motifs is 5. The van der Waals surface area contributed by atoms with E-state index in [1.165, 1.54) is 25.1 Å². The fraction of sp³-hybridized carbons (Fsp3) is 0.360. The van der Waals surface area contributed by atoms with Gasteiger partial charge in [-0.2, -0.15) is 5.01 Å². The van der Waals surface area contributed by atoms with Gasteiger partial charge in [-0.05, 0) is 80.5 Å². The van der Waals surface area contributed by atoms with E-state index in [1.54, 1.807) is 24.3 Å². The van der Waals surface area contributed by atoms with Crippen LogP contribution in [0.5, 0.6) is 0 Å². The van der Waals surface area contributed by atoms with Gasteiger partial charge in [0.1, 0.15) is 6.04 Å². The summed E-state index contributed by atoms with van der Waals surface area (Å²) in [6.45, 7) is 1.50. The highest BCUT2D eigenvalue weighted by Crippen LogP contribution is 2.56. The molecule has 34 heavy (non-hydrogen) atoms. The van der Waals surface area contributed by atoms with Gasteiger partial charge in [0, 0.05) is 15.6 Å². The van der Waals surface area contributed by atoms with E-state index in [4.69, 9.17) is 34.8 Å². The quantitative estimate of drug-likeness (QED) is 0.396. The average molecular weight is 520 g/mol. The zero-order valence-corrected chi connectivity index (χ0v) is 20.5. The lowest BCUT2D eigenvalue weighted by Gasteiger charge is -2.35. The molecule has 0 radical (unpaired) electrons. The third-order valence-corrected chi connectivity index (χ3v) is 8.16. The van der Waals surface area contributed by atoms with Crippen molar-refractivity contribution in [2.24, 2.45) is 23.7 Å². The lowest BCUT2D eigenvalue weighted by Crippen LogP contribution is -2.57. The predicted molar refractivity (Wildman–Crippen MR) is 128 cm³/mol. The lowest BCUT2D eigenvalue weighted by molar-refractivity contribution is -0.157. The van der Waals surface area contributed by atoms with Gasteiger partial charge in [0.2, 0.25) is 0 Å². The maximum atomic E-state index is 13.8. The van der Waals surface area contributed by atoms with Crippen molar-refractivity contribution in [3.63, 3.8) is 0 Å². The highest BCUT2D eigenvalue weighted by atomic mass is 35.5. The number of amides is 3. The maximum absolute atomic E-state index is 13.8. The first-order chi connectivity index (χ1) is 16.2. The Balaban J connectivity index is 1.56. The van der Waals surface area contributed by atoms with Crippen molar-refractivity contribution in [2.75, 3.05) is 0 Å². The Morgan fingerprint density at radius 3 is 2.03 bits per heavy atom. The lowest BCUT2D eigenvalue weighted by atomic mass is 9.81. The van der Waals surface area contributed by atoms with E-state index in [1.807, 2.05) is 0 Å². The number of nitrogens with zero attached hydrogens (tertiary/aromatic N) is 2. The highest BCUT2D eigenvalue weighted by Gasteiger charge is 2.63. The van der Waals surface area contributed by atoms with Crippen LogP contribution in [0.1, 0.15) is 46.9 Å². The molecule has 3 amide bonds. The van der Waals surface area contributed by atoms with Gasteiger partial charge >= 0.3 is 0 Å². The molecule has 1 heterocycles. The SMILES string of the molecule is C[C@H](C(=O)c1ccc(Cl)cc1)N(C(=O)c1ccc(Cl)cc1Cl)N1C(=O)[C@@H]2[C@H]3CC[C@@H](C3)[C@@H]2C1=O. The van der Waals surface area contributed by atoms with Gasteiger partial charge in [0.25, 0.3) is 17.7 Å². The van der Waals surface area contributed by atoms with Crippen LogP contribution in [0.15, 0.2) is 42.5 Å². The summed E-state index contributed by atoms with van der Waals surface area (Å²) >= 11 is 18.2. The van der Waals surface area contributed by atoms with E-state index in [9.17, 15) is 19.2 Å². The number of ketones is 1. The van der Waals surface area contributed by atoms with E-state index < -0.39 is 41.4 Å². The molecule has 2 bridgehead atoms. The third kappa shape index (κ3) is 3.63. The predicted octanol–water partition coefficient (Wildman–Crippen LogP) is 5.31. The van der Waals surface area contributed by atoms with E-state index in [0.717, 1.165) is 29.3 Å².